The summed E-state index contributed by atoms with van der Waals surface area (Å²) in [4.78, 5) is 78.1. The number of fused-ring (bicyclic) bond motifs is 2. The fourth-order valence-electron chi connectivity index (χ4n) is 7.02. The molecule has 1 aliphatic carbocycles. The lowest BCUT2D eigenvalue weighted by Gasteiger charge is -2.52. The van der Waals surface area contributed by atoms with E-state index in [9.17, 15) is 38.6 Å². The number of esters is 4. The molecule has 3 fully saturated rings. The lowest BCUT2D eigenvalue weighted by atomic mass is 9.85. The smallest absolute Gasteiger partial charge is 0.462 e. The SMILES string of the molecule is CN[C@H]1[C@@H](OC)[C@H](c2csc3c(N)ncnc23)O[C@@H]1COP(O)(=S)OP(=O)(O)OC1OC2(OC(C)=O)C1C(OC(C)=O)C(O)C2[C@H](COC(C)=O)OC(C)=O. The molecule has 13 atom stereocenters. The van der Waals surface area contributed by atoms with E-state index in [1.165, 1.54) is 24.8 Å². The van der Waals surface area contributed by atoms with Crippen molar-refractivity contribution in [3.8, 4) is 0 Å². The van der Waals surface area contributed by atoms with Crippen molar-refractivity contribution in [3.63, 3.8) is 0 Å². The molecule has 2 aromatic heterocycles. The quantitative estimate of drug-likeness (QED) is 0.0863. The van der Waals surface area contributed by atoms with Gasteiger partial charge in [0.05, 0.1) is 28.8 Å². The summed E-state index contributed by atoms with van der Waals surface area (Å²) in [6.07, 6.45) is -7.94. The highest BCUT2D eigenvalue weighted by Gasteiger charge is 2.78. The highest BCUT2D eigenvalue weighted by Crippen LogP contribution is 2.66. The number of nitrogens with two attached hydrogens (primary N) is 1. The highest BCUT2D eigenvalue weighted by atomic mass is 32.5. The van der Waals surface area contributed by atoms with Crippen molar-refractivity contribution in [1.29, 1.82) is 0 Å². The van der Waals surface area contributed by atoms with Crippen LogP contribution in [0, 0.1) is 11.8 Å². The number of phosphoric acid groups is 1. The number of carbonyl (C=O) groups is 4. The first-order valence-electron chi connectivity index (χ1n) is 16.3. The van der Waals surface area contributed by atoms with Gasteiger partial charge in [-0.25, -0.2) is 18.8 Å². The number of nitrogens with one attached hydrogen (secondary N) is 1. The van der Waals surface area contributed by atoms with Crippen LogP contribution in [0.15, 0.2) is 11.7 Å². The zero-order valence-electron chi connectivity index (χ0n) is 30.0. The van der Waals surface area contributed by atoms with E-state index in [4.69, 9.17) is 64.1 Å². The Morgan fingerprint density at radius 2 is 1.82 bits per heavy atom. The molecule has 55 heavy (non-hydrogen) atoms. The molecule has 2 aromatic rings. The molecule has 5 rings (SSSR count). The van der Waals surface area contributed by atoms with Crippen LogP contribution in [0.2, 0.25) is 0 Å². The predicted octanol–water partition coefficient (Wildman–Crippen LogP) is 0.333. The summed E-state index contributed by atoms with van der Waals surface area (Å²) in [5.74, 6) is -8.90. The topological polar surface area (TPSA) is 302 Å². The van der Waals surface area contributed by atoms with Gasteiger partial charge in [0.1, 0.15) is 61.3 Å². The van der Waals surface area contributed by atoms with Gasteiger partial charge in [-0.1, -0.05) is 0 Å². The number of aromatic nitrogens is 2. The summed E-state index contributed by atoms with van der Waals surface area (Å²) < 4.78 is 68.2. The Bertz CT molecular complexity index is 1890. The molecule has 1 saturated carbocycles. The van der Waals surface area contributed by atoms with Crippen molar-refractivity contribution in [1.82, 2.24) is 15.3 Å². The molecule has 26 heteroatoms. The molecule has 6 N–H and O–H groups in total. The number of thiophene rings is 1. The normalized spacial score (nSPS) is 32.7. The number of nitrogen functional groups attached to an aromatic ring is 1. The lowest BCUT2D eigenvalue weighted by molar-refractivity contribution is -0.426. The lowest BCUT2D eigenvalue weighted by Crippen LogP contribution is -2.67. The van der Waals surface area contributed by atoms with Gasteiger partial charge in [0.2, 0.25) is 5.79 Å². The minimum Gasteiger partial charge on any atom is -0.462 e. The first kappa shape index (κ1) is 43.3. The molecule has 2 saturated heterocycles. The standard InChI is InChI=1S/C29H40N4O18P2S2/c1-11(34)43-7-16(45-12(2)35)18-22(38)24(46-13(3)36)19-28(49-29(18,19)48-14(4)37)50-52(39,40)51-53(41,54)44-8-17-21(31-5)25(42-6)23(47-17)15-9-55-26-20(15)32-10-33-27(26)30/h9-10,16-19,21-25,28,31,38H,7-8H2,1-6H3,(H,39,40)(H,41,54)(H2,30,32,33)/t16-,17+,18?,19?,21+,22?,23-,24?,25+,28?,29?,53?/m0/s1. The van der Waals surface area contributed by atoms with E-state index in [0.717, 1.165) is 27.7 Å². The molecule has 22 nitrogen and oxygen atoms in total. The number of methoxy groups -OCH3 is 1. The van der Waals surface area contributed by atoms with Gasteiger partial charge in [-0.15, -0.1) is 11.3 Å². The summed E-state index contributed by atoms with van der Waals surface area (Å²) in [5, 5.41) is 16.3. The fourth-order valence-corrected chi connectivity index (χ4v) is 11.1. The number of carbonyl (C=O) groups excluding carboxylic acids is 4. The second-order valence-electron chi connectivity index (χ2n) is 12.5. The van der Waals surface area contributed by atoms with E-state index in [1.807, 2.05) is 0 Å². The maximum Gasteiger partial charge on any atom is 0.481 e. The van der Waals surface area contributed by atoms with Gasteiger partial charge in [-0.3, -0.25) is 23.7 Å². The molecule has 0 bridgehead atoms. The number of rotatable bonds is 16. The molecular weight excluding hydrogens is 818 g/mol. The van der Waals surface area contributed by atoms with Crippen LogP contribution in [0.25, 0.3) is 10.2 Å². The number of likely N-dealkylation sites (N-methyl/N-ethyl adjacent to an activating group) is 1. The number of phosphoric ester groups is 1. The number of ether oxygens (including phenoxy) is 7. The predicted molar refractivity (Wildman–Crippen MR) is 188 cm³/mol. The van der Waals surface area contributed by atoms with Crippen LogP contribution < -0.4 is 11.1 Å². The third kappa shape index (κ3) is 9.18. The van der Waals surface area contributed by atoms with E-state index in [0.29, 0.717) is 15.8 Å². The largest absolute Gasteiger partial charge is 0.481 e. The van der Waals surface area contributed by atoms with Crippen molar-refractivity contribution in [3.05, 3.63) is 17.3 Å². The van der Waals surface area contributed by atoms with Crippen molar-refractivity contribution in [2.24, 2.45) is 11.8 Å². The van der Waals surface area contributed by atoms with Crippen LogP contribution in [0.3, 0.4) is 0 Å². The average molecular weight is 859 g/mol. The van der Waals surface area contributed by atoms with Crippen LogP contribution in [-0.2, 0) is 82.1 Å². The second kappa shape index (κ2) is 17.0. The van der Waals surface area contributed by atoms with Crippen molar-refractivity contribution >= 4 is 77.6 Å². The minimum absolute atomic E-state index is 0.285. The van der Waals surface area contributed by atoms with Crippen molar-refractivity contribution < 1.29 is 85.2 Å². The molecule has 0 spiro atoms. The van der Waals surface area contributed by atoms with E-state index < -0.39 is 118 Å². The van der Waals surface area contributed by atoms with Gasteiger partial charge in [-0.05, 0) is 24.2 Å². The van der Waals surface area contributed by atoms with Gasteiger partial charge in [-0.2, -0.15) is 0 Å². The molecule has 0 radical (unpaired) electrons. The van der Waals surface area contributed by atoms with Crippen molar-refractivity contribution in [2.75, 3.05) is 33.1 Å². The third-order valence-corrected chi connectivity index (χ3v) is 13.4. The third-order valence-electron chi connectivity index (χ3n) is 8.90. The summed E-state index contributed by atoms with van der Waals surface area (Å²) in [5.41, 5.74) is 7.21. The summed E-state index contributed by atoms with van der Waals surface area (Å²) in [6, 6.07) is -0.564. The minimum atomic E-state index is -5.48. The average Bonchev–Trinajstić information content (AvgIpc) is 3.69. The maximum absolute atomic E-state index is 13.3. The molecule has 8 unspecified atom stereocenters. The second-order valence-corrected chi connectivity index (χ2v) is 17.8. The molecule has 3 aliphatic rings. The molecule has 0 amide bonds. The maximum atomic E-state index is 13.3. The Kier molecular flexibility index (Phi) is 13.4. The van der Waals surface area contributed by atoms with Gasteiger partial charge >= 0.3 is 38.4 Å². The summed E-state index contributed by atoms with van der Waals surface area (Å²) >= 11 is 6.34. The van der Waals surface area contributed by atoms with Crippen molar-refractivity contribution in [2.45, 2.75) is 82.4 Å². The number of hydrogen-bond acceptors (Lipinski definition) is 22. The first-order valence-corrected chi connectivity index (χ1v) is 21.3. The van der Waals surface area contributed by atoms with Crippen LogP contribution in [-0.4, -0.2) is 125 Å². The van der Waals surface area contributed by atoms with Gasteiger partial charge in [0, 0.05) is 40.4 Å². The van der Waals surface area contributed by atoms with Crippen LogP contribution in [0.1, 0.15) is 39.4 Å². The highest BCUT2D eigenvalue weighted by molar-refractivity contribution is 8.08. The number of anilines is 1. The number of aliphatic hydroxyl groups is 1. The monoisotopic (exact) mass is 858 g/mol. The summed E-state index contributed by atoms with van der Waals surface area (Å²) in [6.45, 7) is -1.77. The zero-order chi connectivity index (χ0) is 40.6. The number of hydrogen-bond donors (Lipinski definition) is 5. The summed E-state index contributed by atoms with van der Waals surface area (Å²) in [7, 11) is -2.38. The van der Waals surface area contributed by atoms with E-state index in [1.54, 1.807) is 12.4 Å². The van der Waals surface area contributed by atoms with Crippen LogP contribution in [0.4, 0.5) is 5.82 Å². The van der Waals surface area contributed by atoms with E-state index >= 15 is 0 Å². The van der Waals surface area contributed by atoms with Gasteiger partial charge < -0.3 is 63.6 Å². The molecule has 306 valence electrons. The molecule has 4 heterocycles. The van der Waals surface area contributed by atoms with E-state index in [2.05, 4.69) is 15.3 Å². The molecule has 2 aliphatic heterocycles. The van der Waals surface area contributed by atoms with Gasteiger partial charge in [0.15, 0.2) is 6.29 Å². The number of nitrogens with zero attached hydrogens (tertiary/aromatic N) is 2. The Morgan fingerprint density at radius 3 is 2.42 bits per heavy atom. The Morgan fingerprint density at radius 1 is 1.11 bits per heavy atom. The molecular formula is C29H40N4O18P2S2. The Hall–Kier alpha value is -2.80. The molecule has 0 aromatic carbocycles. The Balaban J connectivity index is 1.32. The van der Waals surface area contributed by atoms with Crippen LogP contribution in [0.5, 0.6) is 0 Å². The zero-order valence-corrected chi connectivity index (χ0v) is 33.4. The number of aliphatic hydroxyl groups excluding tert-OH is 1. The van der Waals surface area contributed by atoms with Crippen LogP contribution >= 0.6 is 25.9 Å². The first-order chi connectivity index (χ1) is 25.7. The van der Waals surface area contributed by atoms with Gasteiger partial charge in [0.25, 0.3) is 0 Å². The van der Waals surface area contributed by atoms with E-state index in [-0.39, 0.29) is 5.82 Å². The Labute approximate surface area is 322 Å². The fraction of sp³-hybridized carbons (Fsp3) is 0.655.